The van der Waals surface area contributed by atoms with Gasteiger partial charge < -0.3 is 20.1 Å². The second-order valence-corrected chi connectivity index (χ2v) is 6.83. The van der Waals surface area contributed by atoms with Gasteiger partial charge in [-0.25, -0.2) is 0 Å². The van der Waals surface area contributed by atoms with Crippen LogP contribution in [0.3, 0.4) is 0 Å². The highest BCUT2D eigenvalue weighted by atomic mass is 16.5. The molecule has 2 amide bonds. The van der Waals surface area contributed by atoms with Gasteiger partial charge in [-0.05, 0) is 42.7 Å². The monoisotopic (exact) mass is 366 g/mol. The Hall–Kier alpha value is -2.86. The van der Waals surface area contributed by atoms with Gasteiger partial charge >= 0.3 is 0 Å². The van der Waals surface area contributed by atoms with E-state index in [1.54, 1.807) is 24.3 Å². The minimum Gasteiger partial charge on any atom is -0.480 e. The first kappa shape index (κ1) is 17.5. The molecule has 2 aromatic rings. The lowest BCUT2D eigenvalue weighted by atomic mass is 10.1. The number of rotatable bonds is 5. The molecular formula is C21H22N2O4. The van der Waals surface area contributed by atoms with Crippen LogP contribution >= 0.6 is 0 Å². The van der Waals surface area contributed by atoms with E-state index in [4.69, 9.17) is 9.47 Å². The van der Waals surface area contributed by atoms with Crippen molar-refractivity contribution in [2.75, 3.05) is 18.5 Å². The van der Waals surface area contributed by atoms with Gasteiger partial charge in [0, 0.05) is 30.8 Å². The zero-order chi connectivity index (χ0) is 18.6. The molecular weight excluding hydrogens is 344 g/mol. The number of benzene rings is 2. The van der Waals surface area contributed by atoms with Crippen molar-refractivity contribution in [1.29, 1.82) is 0 Å². The number of amides is 2. The van der Waals surface area contributed by atoms with Crippen molar-refractivity contribution in [1.82, 2.24) is 5.32 Å². The Morgan fingerprint density at radius 3 is 2.81 bits per heavy atom. The van der Waals surface area contributed by atoms with Gasteiger partial charge in [0.1, 0.15) is 5.75 Å². The quantitative estimate of drug-likeness (QED) is 0.853. The summed E-state index contributed by atoms with van der Waals surface area (Å²) in [5.41, 5.74) is 2.10. The normalized spacial score (nSPS) is 20.6. The highest BCUT2D eigenvalue weighted by molar-refractivity contribution is 5.98. The Morgan fingerprint density at radius 1 is 1.11 bits per heavy atom. The molecule has 1 saturated heterocycles. The standard InChI is InChI=1S/C21H22N2O4/c24-20(22-13-17-8-4-10-26-17)15-6-3-7-16(11-15)23-21(25)19-12-14-5-1-2-9-18(14)27-19/h1-3,5-7,9,11,17,19H,4,8,10,12-13H2,(H,22,24)(H,23,25). The molecule has 0 saturated carbocycles. The van der Waals surface area contributed by atoms with Gasteiger partial charge in [0.05, 0.1) is 6.10 Å². The summed E-state index contributed by atoms with van der Waals surface area (Å²) < 4.78 is 11.2. The molecule has 140 valence electrons. The topological polar surface area (TPSA) is 76.7 Å². The van der Waals surface area contributed by atoms with Crippen molar-refractivity contribution in [3.63, 3.8) is 0 Å². The van der Waals surface area contributed by atoms with Crippen molar-refractivity contribution < 1.29 is 19.1 Å². The molecule has 2 aliphatic heterocycles. The van der Waals surface area contributed by atoms with E-state index in [1.807, 2.05) is 24.3 Å². The number of para-hydroxylation sites is 1. The fourth-order valence-corrected chi connectivity index (χ4v) is 3.40. The van der Waals surface area contributed by atoms with Crippen LogP contribution in [0.25, 0.3) is 0 Å². The van der Waals surface area contributed by atoms with E-state index in [0.29, 0.717) is 24.2 Å². The predicted molar refractivity (Wildman–Crippen MR) is 101 cm³/mol. The zero-order valence-electron chi connectivity index (χ0n) is 14.9. The minimum absolute atomic E-state index is 0.0954. The van der Waals surface area contributed by atoms with Crippen LogP contribution in [-0.2, 0) is 16.0 Å². The molecule has 2 unspecified atom stereocenters. The number of fused-ring (bicyclic) bond motifs is 1. The maximum absolute atomic E-state index is 12.5. The lowest BCUT2D eigenvalue weighted by Gasteiger charge is -2.13. The van der Waals surface area contributed by atoms with Crippen LogP contribution < -0.4 is 15.4 Å². The third-order valence-electron chi connectivity index (χ3n) is 4.85. The summed E-state index contributed by atoms with van der Waals surface area (Å²) >= 11 is 0. The van der Waals surface area contributed by atoms with Crippen molar-refractivity contribution >= 4 is 17.5 Å². The second kappa shape index (κ2) is 7.80. The smallest absolute Gasteiger partial charge is 0.265 e. The summed E-state index contributed by atoms with van der Waals surface area (Å²) in [5, 5.41) is 5.73. The van der Waals surface area contributed by atoms with Gasteiger partial charge in [-0.15, -0.1) is 0 Å². The van der Waals surface area contributed by atoms with Crippen LogP contribution in [0.4, 0.5) is 5.69 Å². The van der Waals surface area contributed by atoms with Crippen LogP contribution in [0.5, 0.6) is 5.75 Å². The maximum Gasteiger partial charge on any atom is 0.265 e. The highest BCUT2D eigenvalue weighted by Gasteiger charge is 2.28. The summed E-state index contributed by atoms with van der Waals surface area (Å²) in [4.78, 5) is 24.9. The largest absolute Gasteiger partial charge is 0.480 e. The molecule has 6 heteroatoms. The van der Waals surface area contributed by atoms with Crippen LogP contribution in [0.15, 0.2) is 48.5 Å². The molecule has 0 aromatic heterocycles. The summed E-state index contributed by atoms with van der Waals surface area (Å²) in [6.45, 7) is 1.26. The number of nitrogens with one attached hydrogen (secondary N) is 2. The second-order valence-electron chi connectivity index (χ2n) is 6.83. The van der Waals surface area contributed by atoms with E-state index in [-0.39, 0.29) is 17.9 Å². The van der Waals surface area contributed by atoms with Gasteiger partial charge in [-0.1, -0.05) is 24.3 Å². The van der Waals surface area contributed by atoms with E-state index in [2.05, 4.69) is 10.6 Å². The fourth-order valence-electron chi connectivity index (χ4n) is 3.40. The highest BCUT2D eigenvalue weighted by Crippen LogP contribution is 2.28. The molecule has 0 aliphatic carbocycles. The van der Waals surface area contributed by atoms with Crippen LogP contribution in [0.2, 0.25) is 0 Å². The van der Waals surface area contributed by atoms with Gasteiger partial charge in [-0.2, -0.15) is 0 Å². The maximum atomic E-state index is 12.5. The average molecular weight is 366 g/mol. The number of carbonyl (C=O) groups excluding carboxylic acids is 2. The van der Waals surface area contributed by atoms with Gasteiger partial charge in [0.25, 0.3) is 11.8 Å². The van der Waals surface area contributed by atoms with Crippen LogP contribution in [0, 0.1) is 0 Å². The molecule has 4 rings (SSSR count). The molecule has 2 N–H and O–H groups in total. The Morgan fingerprint density at radius 2 is 2.00 bits per heavy atom. The van der Waals surface area contributed by atoms with Crippen molar-refractivity contribution in [2.24, 2.45) is 0 Å². The van der Waals surface area contributed by atoms with Crippen LogP contribution in [-0.4, -0.2) is 37.2 Å². The lowest BCUT2D eigenvalue weighted by Crippen LogP contribution is -2.32. The lowest BCUT2D eigenvalue weighted by molar-refractivity contribution is -0.122. The van der Waals surface area contributed by atoms with E-state index >= 15 is 0 Å². The zero-order valence-corrected chi connectivity index (χ0v) is 14.9. The predicted octanol–water partition coefficient (Wildman–Crippen LogP) is 2.54. The summed E-state index contributed by atoms with van der Waals surface area (Å²) in [5.74, 6) is 0.356. The van der Waals surface area contributed by atoms with E-state index in [9.17, 15) is 9.59 Å². The van der Waals surface area contributed by atoms with Crippen LogP contribution in [0.1, 0.15) is 28.8 Å². The fraction of sp³-hybridized carbons (Fsp3) is 0.333. The Kier molecular flexibility index (Phi) is 5.07. The summed E-state index contributed by atoms with van der Waals surface area (Å²) in [6.07, 6.45) is 2.09. The average Bonchev–Trinajstić information content (AvgIpc) is 3.35. The Bertz CT molecular complexity index is 821. The molecule has 0 radical (unpaired) electrons. The van der Waals surface area contributed by atoms with Gasteiger partial charge in [0.2, 0.25) is 0 Å². The SMILES string of the molecule is O=C(NCC1CCCO1)c1cccc(NC(=O)C2Cc3ccccc3O2)c1. The van der Waals surface area contributed by atoms with E-state index in [1.165, 1.54) is 0 Å². The molecule has 2 aromatic carbocycles. The molecule has 0 bridgehead atoms. The van der Waals surface area contributed by atoms with Crippen molar-refractivity contribution in [3.8, 4) is 5.75 Å². The van der Waals surface area contributed by atoms with E-state index < -0.39 is 6.10 Å². The van der Waals surface area contributed by atoms with Gasteiger partial charge in [0.15, 0.2) is 6.10 Å². The van der Waals surface area contributed by atoms with E-state index in [0.717, 1.165) is 30.8 Å². The van der Waals surface area contributed by atoms with Gasteiger partial charge in [-0.3, -0.25) is 9.59 Å². The first-order valence-electron chi connectivity index (χ1n) is 9.24. The molecule has 1 fully saturated rings. The third kappa shape index (κ3) is 4.11. The Labute approximate surface area is 157 Å². The minimum atomic E-state index is -0.556. The number of ether oxygens (including phenoxy) is 2. The number of hydrogen-bond acceptors (Lipinski definition) is 4. The number of anilines is 1. The number of hydrogen-bond donors (Lipinski definition) is 2. The Balaban J connectivity index is 1.35. The summed E-state index contributed by atoms with van der Waals surface area (Å²) in [7, 11) is 0. The molecule has 27 heavy (non-hydrogen) atoms. The molecule has 2 atom stereocenters. The first-order valence-corrected chi connectivity index (χ1v) is 9.24. The summed E-state index contributed by atoms with van der Waals surface area (Å²) in [6, 6.07) is 14.5. The van der Waals surface area contributed by atoms with Crippen molar-refractivity contribution in [2.45, 2.75) is 31.5 Å². The molecule has 2 aliphatic rings. The molecule has 6 nitrogen and oxygen atoms in total. The van der Waals surface area contributed by atoms with Crippen molar-refractivity contribution in [3.05, 3.63) is 59.7 Å². The first-order chi connectivity index (χ1) is 13.2. The molecule has 2 heterocycles. The third-order valence-corrected chi connectivity index (χ3v) is 4.85. The number of carbonyl (C=O) groups is 2. The molecule has 0 spiro atoms.